The van der Waals surface area contributed by atoms with Crippen molar-refractivity contribution in [2.45, 2.75) is 85.5 Å². The Morgan fingerprint density at radius 2 is 1.03 bits per heavy atom. The van der Waals surface area contributed by atoms with Crippen LogP contribution in [0.3, 0.4) is 0 Å². The molecule has 0 unspecified atom stereocenters. The molecule has 0 radical (unpaired) electrons. The summed E-state index contributed by atoms with van der Waals surface area (Å²) in [5.74, 6) is 1.11. The number of ether oxygens (including phenoxy) is 2. The van der Waals surface area contributed by atoms with Crippen molar-refractivity contribution in [1.82, 2.24) is 19.9 Å². The van der Waals surface area contributed by atoms with Gasteiger partial charge in [-0.1, -0.05) is 114 Å². The van der Waals surface area contributed by atoms with E-state index in [4.69, 9.17) is 18.8 Å². The highest BCUT2D eigenvalue weighted by atomic mass is 79.9. The van der Waals surface area contributed by atoms with Crippen LogP contribution in [0.2, 0.25) is 0 Å². The van der Waals surface area contributed by atoms with Gasteiger partial charge in [0.1, 0.15) is 37.5 Å². The topological polar surface area (TPSA) is 147 Å². The van der Waals surface area contributed by atoms with Gasteiger partial charge in [-0.15, -0.1) is 0 Å². The maximum Gasteiger partial charge on any atom is 0.494 e. The first kappa shape index (κ1) is 48.5. The third-order valence-electron chi connectivity index (χ3n) is 12.8. The second-order valence-corrected chi connectivity index (χ2v) is 18.8. The second kappa shape index (κ2) is 20.3. The molecule has 0 amide bonds. The summed E-state index contributed by atoms with van der Waals surface area (Å²) in [6.07, 6.45) is 3.17. The molecular formula is C55H54BBrN6O6. The van der Waals surface area contributed by atoms with Crippen molar-refractivity contribution in [3.8, 4) is 11.1 Å². The van der Waals surface area contributed by atoms with E-state index >= 15 is 0 Å². The van der Waals surface area contributed by atoms with E-state index < -0.39 is 7.12 Å². The van der Waals surface area contributed by atoms with Crippen LogP contribution in [0.1, 0.15) is 104 Å². The van der Waals surface area contributed by atoms with E-state index in [-0.39, 0.29) is 42.7 Å². The van der Waals surface area contributed by atoms with Gasteiger partial charge in [-0.25, -0.2) is 29.5 Å². The number of cyclic esters (lactones) is 2. The molecule has 6 aromatic carbocycles. The summed E-state index contributed by atoms with van der Waals surface area (Å²) < 4.78 is 23.3. The van der Waals surface area contributed by atoms with E-state index in [9.17, 15) is 9.59 Å². The van der Waals surface area contributed by atoms with Crippen LogP contribution >= 0.6 is 15.9 Å². The van der Waals surface area contributed by atoms with Gasteiger partial charge in [0.15, 0.2) is 0 Å². The first-order valence-corrected chi connectivity index (χ1v) is 23.3. The van der Waals surface area contributed by atoms with Gasteiger partial charge in [-0.3, -0.25) is 0 Å². The highest BCUT2D eigenvalue weighted by Crippen LogP contribution is 2.37. The molecule has 8 aromatic rings. The smallest absolute Gasteiger partial charge is 0.457 e. The van der Waals surface area contributed by atoms with E-state index in [0.29, 0.717) is 24.3 Å². The van der Waals surface area contributed by atoms with Crippen molar-refractivity contribution >= 4 is 73.9 Å². The van der Waals surface area contributed by atoms with Crippen LogP contribution in [0.4, 0.5) is 11.6 Å². The van der Waals surface area contributed by atoms with Crippen molar-refractivity contribution < 1.29 is 28.4 Å². The SMILES string of the molecule is C.C[C@@H](Nc1ncnc2ccc(-c3ccc4c(c3)C(=O)OC4)cc12)c1ccccc1.C[C@@H](Nc1ncnc2ccc(B3OC(C)(C)C(C)(C)O3)cc12)c1ccccc1.O=C1OCc2ccc(Br)cc21. The lowest BCUT2D eigenvalue weighted by Crippen LogP contribution is -2.41. The van der Waals surface area contributed by atoms with Crippen LogP contribution in [0.15, 0.2) is 151 Å². The zero-order valence-corrected chi connectivity index (χ0v) is 40.2. The molecule has 5 heterocycles. The van der Waals surface area contributed by atoms with Gasteiger partial charge in [0.05, 0.1) is 33.4 Å². The van der Waals surface area contributed by atoms with E-state index in [1.165, 1.54) is 11.1 Å². The molecule has 2 atom stereocenters. The van der Waals surface area contributed by atoms with Crippen molar-refractivity contribution in [1.29, 1.82) is 0 Å². The monoisotopic (exact) mass is 984 g/mol. The summed E-state index contributed by atoms with van der Waals surface area (Å²) in [6, 6.07) is 44.4. The number of halogens is 1. The first-order valence-electron chi connectivity index (χ1n) is 22.5. The number of aromatic nitrogens is 4. The number of carbonyl (C=O) groups excluding carboxylic acids is 2. The maximum absolute atomic E-state index is 11.9. The molecule has 12 nitrogen and oxygen atoms in total. The molecule has 2 aromatic heterocycles. The van der Waals surface area contributed by atoms with Crippen LogP contribution in [-0.2, 0) is 32.0 Å². The molecule has 0 bridgehead atoms. The quantitative estimate of drug-likeness (QED) is 0.110. The number of nitrogens with one attached hydrogen (secondary N) is 2. The van der Waals surface area contributed by atoms with Gasteiger partial charge in [-0.05, 0) is 112 Å². The number of hydrogen-bond donors (Lipinski definition) is 2. The number of carbonyl (C=O) groups is 2. The average Bonchev–Trinajstić information content (AvgIpc) is 3.98. The highest BCUT2D eigenvalue weighted by molar-refractivity contribution is 9.10. The summed E-state index contributed by atoms with van der Waals surface area (Å²) in [5, 5.41) is 8.92. The summed E-state index contributed by atoms with van der Waals surface area (Å²) in [7, 11) is -0.408. The summed E-state index contributed by atoms with van der Waals surface area (Å²) in [6.45, 7) is 13.3. The van der Waals surface area contributed by atoms with Crippen LogP contribution < -0.4 is 16.1 Å². The van der Waals surface area contributed by atoms with Gasteiger partial charge in [-0.2, -0.15) is 0 Å². The Labute approximate surface area is 411 Å². The number of fused-ring (bicyclic) bond motifs is 4. The van der Waals surface area contributed by atoms with Crippen LogP contribution in [0, 0.1) is 0 Å². The second-order valence-electron chi connectivity index (χ2n) is 17.9. The summed E-state index contributed by atoms with van der Waals surface area (Å²) in [4.78, 5) is 40.7. The third-order valence-corrected chi connectivity index (χ3v) is 13.3. The average molecular weight is 986 g/mol. The Morgan fingerprint density at radius 3 is 1.58 bits per heavy atom. The molecule has 2 N–H and O–H groups in total. The molecule has 350 valence electrons. The highest BCUT2D eigenvalue weighted by Gasteiger charge is 2.51. The van der Waals surface area contributed by atoms with Crippen molar-refractivity contribution in [2.75, 3.05) is 10.6 Å². The Balaban J connectivity index is 0.000000151. The minimum Gasteiger partial charge on any atom is -0.457 e. The molecule has 69 heavy (non-hydrogen) atoms. The molecule has 0 aliphatic carbocycles. The zero-order chi connectivity index (χ0) is 47.6. The molecule has 0 saturated carbocycles. The van der Waals surface area contributed by atoms with Gasteiger partial charge in [0.2, 0.25) is 0 Å². The van der Waals surface area contributed by atoms with Crippen molar-refractivity contribution in [2.24, 2.45) is 0 Å². The fourth-order valence-electron chi connectivity index (χ4n) is 8.11. The molecule has 3 aliphatic rings. The molecule has 1 fully saturated rings. The Morgan fingerprint density at radius 1 is 0.565 bits per heavy atom. The number of hydrogen-bond acceptors (Lipinski definition) is 12. The normalized spacial score (nSPS) is 15.8. The van der Waals surface area contributed by atoms with Gasteiger partial charge in [0, 0.05) is 38.5 Å². The van der Waals surface area contributed by atoms with Crippen LogP contribution in [0.25, 0.3) is 32.9 Å². The number of anilines is 2. The Bertz CT molecular complexity index is 3140. The predicted octanol–water partition coefficient (Wildman–Crippen LogP) is 12.0. The van der Waals surface area contributed by atoms with Crippen LogP contribution in [-0.4, -0.2) is 50.2 Å². The van der Waals surface area contributed by atoms with Crippen molar-refractivity contribution in [3.05, 3.63) is 184 Å². The van der Waals surface area contributed by atoms with E-state index in [0.717, 1.165) is 65.6 Å². The number of esters is 2. The number of nitrogens with zero attached hydrogens (tertiary/aromatic N) is 4. The predicted molar refractivity (Wildman–Crippen MR) is 276 cm³/mol. The molecule has 0 spiro atoms. The minimum atomic E-state index is -0.408. The van der Waals surface area contributed by atoms with E-state index in [1.54, 1.807) is 18.7 Å². The molecule has 1 saturated heterocycles. The lowest BCUT2D eigenvalue weighted by molar-refractivity contribution is 0.00578. The lowest BCUT2D eigenvalue weighted by Gasteiger charge is -2.32. The van der Waals surface area contributed by atoms with E-state index in [2.05, 4.69) is 124 Å². The first-order chi connectivity index (χ1) is 32.7. The number of benzene rings is 6. The van der Waals surface area contributed by atoms with Gasteiger partial charge < -0.3 is 29.4 Å². The molecular weight excluding hydrogens is 931 g/mol. The molecule has 14 heteroatoms. The fraction of sp³-hybridized carbons (Fsp3) is 0.236. The minimum absolute atomic E-state index is 0. The number of rotatable bonds is 8. The maximum atomic E-state index is 11.9. The standard InChI is InChI=1S/C24H19N3O2.C22H26BN3O2.C8H5BrO2.CH4/c1-15(16-5-3-2-4-6-16)27-23-21-12-18(9-10-22(21)25-14-26-23)17-7-8-19-13-29-24(28)20(19)11-17;1-15(16-9-7-6-8-10-16)26-20-18-13-17(11-12-19(18)24-14-25-20)23-27-21(2,3)22(4,5)28-23;9-6-2-1-5-4-11-8(10)7(5)3-6;/h2-12,14-15H,13H2,1H3,(H,25,26,27);6-15H,1-5H3,(H,24,25,26);1-3H,4H2;1H4/t2*15-;;/m11../s1. The third kappa shape index (κ3) is 10.5. The van der Waals surface area contributed by atoms with Crippen LogP contribution in [0.5, 0.6) is 0 Å². The Kier molecular flexibility index (Phi) is 14.3. The Hall–Kier alpha value is -7.00. The van der Waals surface area contributed by atoms with E-state index in [1.807, 2.05) is 91.0 Å². The van der Waals surface area contributed by atoms with Crippen molar-refractivity contribution in [3.63, 3.8) is 0 Å². The lowest BCUT2D eigenvalue weighted by atomic mass is 9.78. The largest absolute Gasteiger partial charge is 0.494 e. The van der Waals surface area contributed by atoms with Gasteiger partial charge >= 0.3 is 19.1 Å². The molecule has 11 rings (SSSR count). The zero-order valence-electron chi connectivity index (χ0n) is 38.6. The summed E-state index contributed by atoms with van der Waals surface area (Å²) >= 11 is 3.28. The fourth-order valence-corrected chi connectivity index (χ4v) is 8.47. The van der Waals surface area contributed by atoms with Gasteiger partial charge in [0.25, 0.3) is 0 Å². The molecule has 3 aliphatic heterocycles. The summed E-state index contributed by atoms with van der Waals surface area (Å²) in [5.41, 5.74) is 9.57.